The van der Waals surface area contributed by atoms with Crippen LogP contribution in [0.3, 0.4) is 0 Å². The van der Waals surface area contributed by atoms with Crippen molar-refractivity contribution in [3.63, 3.8) is 0 Å². The van der Waals surface area contributed by atoms with Gasteiger partial charge in [-0.1, -0.05) is 31.0 Å². The van der Waals surface area contributed by atoms with Crippen molar-refractivity contribution >= 4 is 17.6 Å². The molecule has 0 aliphatic heterocycles. The van der Waals surface area contributed by atoms with Gasteiger partial charge in [-0.15, -0.1) is 0 Å². The van der Waals surface area contributed by atoms with Crippen molar-refractivity contribution in [3.8, 4) is 5.69 Å². The Labute approximate surface area is 172 Å². The zero-order valence-corrected chi connectivity index (χ0v) is 17.5. The Bertz CT molecular complexity index is 825. The minimum Gasteiger partial charge on any atom is -0.353 e. The topological polar surface area (TPSA) is 79.3 Å². The molecule has 0 atom stereocenters. The van der Waals surface area contributed by atoms with Gasteiger partial charge in [-0.05, 0) is 45.9 Å². The van der Waals surface area contributed by atoms with Crippen molar-refractivity contribution in [2.24, 2.45) is 0 Å². The van der Waals surface area contributed by atoms with E-state index in [0.29, 0.717) is 11.7 Å². The molecule has 2 amide bonds. The lowest BCUT2D eigenvalue weighted by Crippen LogP contribution is -2.41. The molecule has 1 aromatic carbocycles. The second-order valence-corrected chi connectivity index (χ2v) is 8.13. The quantitative estimate of drug-likeness (QED) is 0.718. The largest absolute Gasteiger partial charge is 0.353 e. The molecule has 7 nitrogen and oxygen atoms in total. The smallest absolute Gasteiger partial charge is 0.239 e. The van der Waals surface area contributed by atoms with Crippen molar-refractivity contribution in [2.75, 3.05) is 25.5 Å². The number of benzene rings is 1. The van der Waals surface area contributed by atoms with Crippen LogP contribution in [-0.4, -0.2) is 52.7 Å². The van der Waals surface area contributed by atoms with Gasteiger partial charge in [-0.25, -0.2) is 4.68 Å². The third kappa shape index (κ3) is 5.90. The maximum absolute atomic E-state index is 12.6. The van der Waals surface area contributed by atoms with Gasteiger partial charge in [0.25, 0.3) is 0 Å². The Morgan fingerprint density at radius 2 is 1.79 bits per heavy atom. The molecule has 1 fully saturated rings. The number of nitrogens with zero attached hydrogens (tertiary/aromatic N) is 3. The maximum atomic E-state index is 12.6. The number of carbonyl (C=O) groups is 2. The van der Waals surface area contributed by atoms with Crippen molar-refractivity contribution < 1.29 is 9.59 Å². The van der Waals surface area contributed by atoms with E-state index in [-0.39, 0.29) is 30.9 Å². The molecule has 0 saturated heterocycles. The average molecular weight is 398 g/mol. The zero-order chi connectivity index (χ0) is 20.8. The molecule has 1 aromatic heterocycles. The lowest BCUT2D eigenvalue weighted by atomic mass is 10.0. The Hall–Kier alpha value is -2.67. The Morgan fingerprint density at radius 1 is 1.14 bits per heavy atom. The van der Waals surface area contributed by atoms with Crippen LogP contribution in [0.4, 0.5) is 5.82 Å². The van der Waals surface area contributed by atoms with Gasteiger partial charge in [0.15, 0.2) is 0 Å². The molecular formula is C22H31N5O2. The summed E-state index contributed by atoms with van der Waals surface area (Å²) >= 11 is 0. The summed E-state index contributed by atoms with van der Waals surface area (Å²) in [7, 11) is 1.76. The summed E-state index contributed by atoms with van der Waals surface area (Å²) in [5.41, 5.74) is 1.95. The second kappa shape index (κ2) is 9.69. The van der Waals surface area contributed by atoms with E-state index >= 15 is 0 Å². The molecule has 29 heavy (non-hydrogen) atoms. The molecule has 1 aliphatic rings. The number of amides is 2. The number of nitrogens with one attached hydrogen (secondary N) is 2. The van der Waals surface area contributed by atoms with Crippen LogP contribution in [-0.2, 0) is 9.59 Å². The third-order valence-corrected chi connectivity index (χ3v) is 5.05. The Balaban J connectivity index is 1.70. The predicted octanol–water partition coefficient (Wildman–Crippen LogP) is 2.92. The van der Waals surface area contributed by atoms with Crippen LogP contribution >= 0.6 is 0 Å². The lowest BCUT2D eigenvalue weighted by molar-refractivity contribution is -0.123. The Morgan fingerprint density at radius 3 is 2.45 bits per heavy atom. The van der Waals surface area contributed by atoms with Gasteiger partial charge in [-0.2, -0.15) is 5.10 Å². The normalized spacial score (nSPS) is 14.5. The fourth-order valence-electron chi connectivity index (χ4n) is 3.77. The van der Waals surface area contributed by atoms with Crippen LogP contribution in [0, 0.1) is 0 Å². The third-order valence-electron chi connectivity index (χ3n) is 5.05. The average Bonchev–Trinajstić information content (AvgIpc) is 3.31. The SMILES string of the molecule is CC(C)NC(=O)CN(C)CC(=O)Nc1cc(C2CCCC2)nn1-c1ccccc1. The molecule has 2 aromatic rings. The first kappa shape index (κ1) is 21.0. The number of rotatable bonds is 8. The Kier molecular flexibility index (Phi) is 7.04. The predicted molar refractivity (Wildman–Crippen MR) is 114 cm³/mol. The van der Waals surface area contributed by atoms with Gasteiger partial charge >= 0.3 is 0 Å². The van der Waals surface area contributed by atoms with Crippen LogP contribution in [0.1, 0.15) is 51.1 Å². The van der Waals surface area contributed by atoms with E-state index in [1.807, 2.05) is 50.2 Å². The summed E-state index contributed by atoms with van der Waals surface area (Å²) in [5, 5.41) is 10.6. The maximum Gasteiger partial charge on any atom is 0.239 e. The van der Waals surface area contributed by atoms with Crippen LogP contribution in [0.25, 0.3) is 5.69 Å². The molecule has 2 N–H and O–H groups in total. The first-order valence-corrected chi connectivity index (χ1v) is 10.4. The minimum absolute atomic E-state index is 0.0824. The van der Waals surface area contributed by atoms with Crippen molar-refractivity contribution in [2.45, 2.75) is 51.5 Å². The van der Waals surface area contributed by atoms with Crippen LogP contribution in [0.5, 0.6) is 0 Å². The van der Waals surface area contributed by atoms with E-state index in [0.717, 1.165) is 24.2 Å². The molecule has 1 aliphatic carbocycles. The number of anilines is 1. The number of carbonyl (C=O) groups excluding carboxylic acids is 2. The molecule has 1 heterocycles. The van der Waals surface area contributed by atoms with E-state index in [2.05, 4.69) is 10.6 Å². The highest BCUT2D eigenvalue weighted by molar-refractivity contribution is 5.92. The number of hydrogen-bond donors (Lipinski definition) is 2. The number of likely N-dealkylation sites (N-methyl/N-ethyl adjacent to an activating group) is 1. The molecule has 7 heteroatoms. The van der Waals surface area contributed by atoms with Gasteiger partial charge in [0.05, 0.1) is 24.5 Å². The first-order chi connectivity index (χ1) is 13.9. The van der Waals surface area contributed by atoms with Gasteiger partial charge in [0.1, 0.15) is 5.82 Å². The standard InChI is InChI=1S/C22H31N5O2/c1-16(2)23-21(28)14-26(3)15-22(29)24-20-13-19(17-9-7-8-10-17)25-27(20)18-11-5-4-6-12-18/h4-6,11-13,16-17H,7-10,14-15H2,1-3H3,(H,23,28)(H,24,29). The number of aromatic nitrogens is 2. The molecule has 3 rings (SSSR count). The molecular weight excluding hydrogens is 366 g/mol. The highest BCUT2D eigenvalue weighted by Gasteiger charge is 2.23. The highest BCUT2D eigenvalue weighted by Crippen LogP contribution is 2.35. The molecule has 0 bridgehead atoms. The van der Waals surface area contributed by atoms with Crippen LogP contribution in [0.2, 0.25) is 0 Å². The fourth-order valence-corrected chi connectivity index (χ4v) is 3.77. The summed E-state index contributed by atoms with van der Waals surface area (Å²) in [4.78, 5) is 26.2. The molecule has 156 valence electrons. The van der Waals surface area contributed by atoms with Crippen LogP contribution in [0.15, 0.2) is 36.4 Å². The van der Waals surface area contributed by atoms with Gasteiger partial charge in [0.2, 0.25) is 11.8 Å². The monoisotopic (exact) mass is 397 g/mol. The lowest BCUT2D eigenvalue weighted by Gasteiger charge is -2.17. The molecule has 0 radical (unpaired) electrons. The van der Waals surface area contributed by atoms with Gasteiger partial charge in [-0.3, -0.25) is 14.5 Å². The van der Waals surface area contributed by atoms with Crippen molar-refractivity contribution in [3.05, 3.63) is 42.1 Å². The molecule has 0 unspecified atom stereocenters. The second-order valence-electron chi connectivity index (χ2n) is 8.13. The number of para-hydroxylation sites is 1. The van der Waals surface area contributed by atoms with Crippen molar-refractivity contribution in [1.82, 2.24) is 20.0 Å². The van der Waals surface area contributed by atoms with Gasteiger partial charge < -0.3 is 10.6 Å². The van der Waals surface area contributed by atoms with Crippen molar-refractivity contribution in [1.29, 1.82) is 0 Å². The molecule has 1 saturated carbocycles. The minimum atomic E-state index is -0.167. The summed E-state index contributed by atoms with van der Waals surface area (Å²) < 4.78 is 1.80. The summed E-state index contributed by atoms with van der Waals surface area (Å²) in [6.45, 7) is 4.13. The zero-order valence-electron chi connectivity index (χ0n) is 17.5. The van der Waals surface area contributed by atoms with E-state index in [4.69, 9.17) is 5.10 Å². The van der Waals surface area contributed by atoms with E-state index in [9.17, 15) is 9.59 Å². The van der Waals surface area contributed by atoms with Gasteiger partial charge in [0, 0.05) is 18.0 Å². The summed E-state index contributed by atoms with van der Waals surface area (Å²) in [5.74, 6) is 0.870. The first-order valence-electron chi connectivity index (χ1n) is 10.4. The van der Waals surface area contributed by atoms with E-state index < -0.39 is 0 Å². The fraction of sp³-hybridized carbons (Fsp3) is 0.500. The van der Waals surface area contributed by atoms with E-state index in [1.54, 1.807) is 16.6 Å². The number of hydrogen-bond acceptors (Lipinski definition) is 4. The van der Waals surface area contributed by atoms with E-state index in [1.165, 1.54) is 12.8 Å². The highest BCUT2D eigenvalue weighted by atomic mass is 16.2. The molecule has 0 spiro atoms. The summed E-state index contributed by atoms with van der Waals surface area (Å²) in [6, 6.07) is 11.9. The van der Waals surface area contributed by atoms with Crippen LogP contribution < -0.4 is 10.6 Å². The summed E-state index contributed by atoms with van der Waals surface area (Å²) in [6.07, 6.45) is 4.75.